The second-order valence-corrected chi connectivity index (χ2v) is 10.2. The molecule has 27 heavy (non-hydrogen) atoms. The summed E-state index contributed by atoms with van der Waals surface area (Å²) in [5.74, 6) is -0.235. The molecule has 0 aliphatic carbocycles. The molecule has 0 heterocycles. The molecule has 0 aliphatic heterocycles. The molecule has 0 unspecified atom stereocenters. The van der Waals surface area contributed by atoms with E-state index in [2.05, 4.69) is 0 Å². The van der Waals surface area contributed by atoms with Crippen LogP contribution < -0.4 is 0 Å². The summed E-state index contributed by atoms with van der Waals surface area (Å²) in [5, 5.41) is 0. The molecular formula is C22H20O2S3. The van der Waals surface area contributed by atoms with Crippen molar-refractivity contribution >= 4 is 41.3 Å². The molecule has 2 nitrogen and oxygen atoms in total. The third kappa shape index (κ3) is 5.58. The van der Waals surface area contributed by atoms with Crippen LogP contribution in [0.3, 0.4) is 0 Å². The fourth-order valence-corrected chi connectivity index (χ4v) is 6.81. The summed E-state index contributed by atoms with van der Waals surface area (Å²) in [7, 11) is 0. The van der Waals surface area contributed by atoms with Gasteiger partial charge in [-0.1, -0.05) is 89.9 Å². The summed E-state index contributed by atoms with van der Waals surface area (Å²) < 4.78 is 4.63. The average molecular weight is 413 g/mol. The Labute approximate surface area is 173 Å². The minimum Gasteiger partial charge on any atom is -0.464 e. The molecule has 3 aromatic carbocycles. The van der Waals surface area contributed by atoms with E-state index in [0.29, 0.717) is 6.61 Å². The Balaban J connectivity index is 2.02. The van der Waals surface area contributed by atoms with Crippen molar-refractivity contribution in [2.24, 2.45) is 0 Å². The maximum atomic E-state index is 13.2. The van der Waals surface area contributed by atoms with E-state index in [-0.39, 0.29) is 5.97 Å². The van der Waals surface area contributed by atoms with Gasteiger partial charge in [-0.3, -0.25) is 0 Å². The van der Waals surface area contributed by atoms with Crippen molar-refractivity contribution in [3.05, 3.63) is 91.0 Å². The Morgan fingerprint density at radius 3 is 1.33 bits per heavy atom. The molecule has 5 heteroatoms. The van der Waals surface area contributed by atoms with Crippen LogP contribution in [0, 0.1) is 0 Å². The standard InChI is InChI=1S/C22H20O2S3/c1-2-24-21(23)22(25-18-12-6-3-7-13-18,26-19-14-8-4-9-15-19)27-20-16-10-5-11-17-20/h3-17H,2H2,1H3. The minimum absolute atomic E-state index is 0.235. The highest BCUT2D eigenvalue weighted by atomic mass is 32.3. The lowest BCUT2D eigenvalue weighted by Crippen LogP contribution is -2.30. The predicted octanol–water partition coefficient (Wildman–Crippen LogP) is 6.58. The van der Waals surface area contributed by atoms with Crippen molar-refractivity contribution in [2.75, 3.05) is 6.61 Å². The number of benzene rings is 3. The van der Waals surface area contributed by atoms with E-state index in [1.807, 2.05) is 97.9 Å². The van der Waals surface area contributed by atoms with Crippen LogP contribution in [0.2, 0.25) is 0 Å². The van der Waals surface area contributed by atoms with Gasteiger partial charge in [0, 0.05) is 14.7 Å². The number of rotatable bonds is 8. The van der Waals surface area contributed by atoms with Gasteiger partial charge in [0.15, 0.2) is 0 Å². The monoisotopic (exact) mass is 412 g/mol. The number of thioether (sulfide) groups is 3. The summed E-state index contributed by atoms with van der Waals surface area (Å²) in [5.41, 5.74) is 0. The molecule has 0 aromatic heterocycles. The van der Waals surface area contributed by atoms with Crippen LogP contribution in [-0.4, -0.2) is 16.0 Å². The number of hydrogen-bond acceptors (Lipinski definition) is 5. The van der Waals surface area contributed by atoms with E-state index in [9.17, 15) is 4.79 Å². The van der Waals surface area contributed by atoms with E-state index in [1.165, 1.54) is 35.3 Å². The first kappa shape index (κ1) is 19.9. The lowest BCUT2D eigenvalue weighted by Gasteiger charge is -2.29. The van der Waals surface area contributed by atoms with Crippen molar-refractivity contribution in [3.63, 3.8) is 0 Å². The zero-order valence-corrected chi connectivity index (χ0v) is 17.4. The quantitative estimate of drug-likeness (QED) is 0.236. The topological polar surface area (TPSA) is 26.3 Å². The predicted molar refractivity (Wildman–Crippen MR) is 116 cm³/mol. The number of esters is 1. The van der Waals surface area contributed by atoms with Gasteiger partial charge < -0.3 is 4.74 Å². The van der Waals surface area contributed by atoms with Gasteiger partial charge in [-0.25, -0.2) is 4.79 Å². The molecule has 0 aliphatic rings. The molecule has 0 saturated heterocycles. The largest absolute Gasteiger partial charge is 0.464 e. The summed E-state index contributed by atoms with van der Waals surface area (Å²) in [6.07, 6.45) is 0. The minimum atomic E-state index is -0.889. The van der Waals surface area contributed by atoms with Crippen LogP contribution in [0.5, 0.6) is 0 Å². The Hall–Kier alpha value is -1.82. The molecule has 0 spiro atoms. The molecule has 0 bridgehead atoms. The number of carbonyl (C=O) groups is 1. The van der Waals surface area contributed by atoms with E-state index in [0.717, 1.165) is 14.7 Å². The number of hydrogen-bond donors (Lipinski definition) is 0. The van der Waals surface area contributed by atoms with Gasteiger partial charge in [0.2, 0.25) is 3.41 Å². The summed E-state index contributed by atoms with van der Waals surface area (Å²) >= 11 is 4.58. The second-order valence-electron chi connectivity index (χ2n) is 5.52. The van der Waals surface area contributed by atoms with E-state index >= 15 is 0 Å². The van der Waals surface area contributed by atoms with Gasteiger partial charge >= 0.3 is 5.97 Å². The van der Waals surface area contributed by atoms with E-state index in [1.54, 1.807) is 0 Å². The van der Waals surface area contributed by atoms with Crippen LogP contribution in [0.15, 0.2) is 106 Å². The first-order chi connectivity index (χ1) is 13.2. The fourth-order valence-electron chi connectivity index (χ4n) is 2.34. The maximum Gasteiger partial charge on any atom is 0.344 e. The summed E-state index contributed by atoms with van der Waals surface area (Å²) in [4.78, 5) is 16.3. The van der Waals surface area contributed by atoms with Gasteiger partial charge in [-0.05, 0) is 43.3 Å². The van der Waals surface area contributed by atoms with Crippen LogP contribution in [-0.2, 0) is 9.53 Å². The fraction of sp³-hybridized carbons (Fsp3) is 0.136. The van der Waals surface area contributed by atoms with Crippen molar-refractivity contribution < 1.29 is 9.53 Å². The summed E-state index contributed by atoms with van der Waals surface area (Å²) in [6, 6.07) is 30.0. The Bertz CT molecular complexity index is 738. The highest BCUT2D eigenvalue weighted by Crippen LogP contribution is 2.56. The van der Waals surface area contributed by atoms with Gasteiger partial charge in [0.25, 0.3) is 0 Å². The highest BCUT2D eigenvalue weighted by molar-refractivity contribution is 8.35. The zero-order chi connectivity index (χ0) is 19.0. The average Bonchev–Trinajstić information content (AvgIpc) is 2.70. The molecule has 0 fully saturated rings. The number of ether oxygens (including phenoxy) is 1. The number of carbonyl (C=O) groups excluding carboxylic acids is 1. The lowest BCUT2D eigenvalue weighted by molar-refractivity contribution is -0.141. The Morgan fingerprint density at radius 2 is 1.04 bits per heavy atom. The van der Waals surface area contributed by atoms with Crippen molar-refractivity contribution in [1.82, 2.24) is 0 Å². The van der Waals surface area contributed by atoms with E-state index in [4.69, 9.17) is 4.74 Å². The highest BCUT2D eigenvalue weighted by Gasteiger charge is 2.44. The van der Waals surface area contributed by atoms with Gasteiger partial charge in [0.05, 0.1) is 6.61 Å². The van der Waals surface area contributed by atoms with Crippen LogP contribution in [0.25, 0.3) is 0 Å². The molecule has 138 valence electrons. The zero-order valence-electron chi connectivity index (χ0n) is 14.9. The first-order valence-electron chi connectivity index (χ1n) is 8.61. The second kappa shape index (κ2) is 9.93. The van der Waals surface area contributed by atoms with E-state index < -0.39 is 3.41 Å². The molecule has 0 N–H and O–H groups in total. The van der Waals surface area contributed by atoms with Gasteiger partial charge in [-0.2, -0.15) is 0 Å². The van der Waals surface area contributed by atoms with Gasteiger partial charge in [0.1, 0.15) is 0 Å². The smallest absolute Gasteiger partial charge is 0.344 e. The van der Waals surface area contributed by atoms with Crippen molar-refractivity contribution in [3.8, 4) is 0 Å². The van der Waals surface area contributed by atoms with Crippen molar-refractivity contribution in [2.45, 2.75) is 25.0 Å². The van der Waals surface area contributed by atoms with Crippen LogP contribution >= 0.6 is 35.3 Å². The molecule has 0 radical (unpaired) electrons. The lowest BCUT2D eigenvalue weighted by atomic mass is 10.4. The first-order valence-corrected chi connectivity index (χ1v) is 11.1. The molecule has 3 aromatic rings. The molecule has 0 amide bonds. The molecule has 3 rings (SSSR count). The molecule has 0 atom stereocenters. The van der Waals surface area contributed by atoms with Gasteiger partial charge in [-0.15, -0.1) is 0 Å². The summed E-state index contributed by atoms with van der Waals surface area (Å²) in [6.45, 7) is 2.19. The SMILES string of the molecule is CCOC(=O)C(Sc1ccccc1)(Sc1ccccc1)Sc1ccccc1. The third-order valence-corrected chi connectivity index (χ3v) is 7.84. The normalized spacial score (nSPS) is 11.1. The molecular weight excluding hydrogens is 392 g/mol. The van der Waals surface area contributed by atoms with Crippen LogP contribution in [0.4, 0.5) is 0 Å². The van der Waals surface area contributed by atoms with Crippen molar-refractivity contribution in [1.29, 1.82) is 0 Å². The Morgan fingerprint density at radius 1 is 0.704 bits per heavy atom. The molecule has 0 saturated carbocycles. The third-order valence-electron chi connectivity index (χ3n) is 3.51. The van der Waals surface area contributed by atoms with Crippen LogP contribution in [0.1, 0.15) is 6.92 Å². The maximum absolute atomic E-state index is 13.2. The Kier molecular flexibility index (Phi) is 7.33.